The normalized spacial score (nSPS) is 10.8. The number of hydrogen-bond acceptors (Lipinski definition) is 2. The molecule has 0 heterocycles. The highest BCUT2D eigenvalue weighted by Gasteiger charge is 2.25. The van der Waals surface area contributed by atoms with Crippen molar-refractivity contribution in [2.75, 3.05) is 7.11 Å². The zero-order valence-electron chi connectivity index (χ0n) is 8.47. The summed E-state index contributed by atoms with van der Waals surface area (Å²) in [5, 5.41) is 8.93. The molecular formula is C11H12FNO. The molecule has 0 saturated heterocycles. The van der Waals surface area contributed by atoms with Crippen molar-refractivity contribution in [3.63, 3.8) is 0 Å². The average Bonchev–Trinajstić information content (AvgIpc) is 2.17. The van der Waals surface area contributed by atoms with Crippen molar-refractivity contribution in [2.24, 2.45) is 0 Å². The van der Waals surface area contributed by atoms with Gasteiger partial charge in [-0.1, -0.05) is 12.1 Å². The topological polar surface area (TPSA) is 33.0 Å². The van der Waals surface area contributed by atoms with Gasteiger partial charge in [-0.2, -0.15) is 5.26 Å². The quantitative estimate of drug-likeness (QED) is 0.723. The van der Waals surface area contributed by atoms with Gasteiger partial charge in [0.2, 0.25) is 0 Å². The lowest BCUT2D eigenvalue weighted by Crippen LogP contribution is -2.15. The van der Waals surface area contributed by atoms with E-state index in [9.17, 15) is 4.39 Å². The number of methoxy groups -OCH3 is 1. The Morgan fingerprint density at radius 3 is 2.57 bits per heavy atom. The number of para-hydroxylation sites is 1. The highest BCUT2D eigenvalue weighted by Crippen LogP contribution is 2.32. The first kappa shape index (κ1) is 10.5. The third-order valence-electron chi connectivity index (χ3n) is 2.12. The summed E-state index contributed by atoms with van der Waals surface area (Å²) < 4.78 is 18.2. The average molecular weight is 193 g/mol. The summed E-state index contributed by atoms with van der Waals surface area (Å²) in [5.74, 6) is -0.285. The van der Waals surface area contributed by atoms with Gasteiger partial charge in [0.1, 0.15) is 0 Å². The molecule has 0 fully saturated rings. The first-order valence-electron chi connectivity index (χ1n) is 4.27. The van der Waals surface area contributed by atoms with Crippen LogP contribution in [0.15, 0.2) is 18.2 Å². The van der Waals surface area contributed by atoms with E-state index in [1.807, 2.05) is 0 Å². The first-order valence-corrected chi connectivity index (χ1v) is 4.27. The fraction of sp³-hybridized carbons (Fsp3) is 0.364. The number of hydrogen-bond donors (Lipinski definition) is 0. The van der Waals surface area contributed by atoms with Crippen LogP contribution < -0.4 is 4.74 Å². The lowest BCUT2D eigenvalue weighted by atomic mass is 9.85. The molecule has 0 aliphatic heterocycles. The minimum absolute atomic E-state index is 0.152. The van der Waals surface area contributed by atoms with Crippen LogP contribution in [0.2, 0.25) is 0 Å². The van der Waals surface area contributed by atoms with E-state index >= 15 is 0 Å². The molecule has 0 spiro atoms. The molecule has 0 radical (unpaired) electrons. The molecule has 0 bridgehead atoms. The van der Waals surface area contributed by atoms with Crippen molar-refractivity contribution < 1.29 is 9.13 Å². The maximum absolute atomic E-state index is 13.3. The van der Waals surface area contributed by atoms with E-state index in [1.165, 1.54) is 13.2 Å². The van der Waals surface area contributed by atoms with Gasteiger partial charge in [-0.05, 0) is 19.9 Å². The van der Waals surface area contributed by atoms with E-state index < -0.39 is 11.2 Å². The Kier molecular flexibility index (Phi) is 2.76. The Bertz CT molecular complexity index is 379. The Morgan fingerprint density at radius 2 is 2.07 bits per heavy atom. The molecular weight excluding hydrogens is 181 g/mol. The van der Waals surface area contributed by atoms with Gasteiger partial charge in [0, 0.05) is 5.56 Å². The van der Waals surface area contributed by atoms with Gasteiger partial charge >= 0.3 is 0 Å². The van der Waals surface area contributed by atoms with Crippen LogP contribution in [-0.2, 0) is 5.41 Å². The van der Waals surface area contributed by atoms with Gasteiger partial charge in [0.05, 0.1) is 18.6 Å². The maximum atomic E-state index is 13.3. The van der Waals surface area contributed by atoms with Crippen LogP contribution in [0.4, 0.5) is 4.39 Å². The number of ether oxygens (including phenoxy) is 1. The fourth-order valence-electron chi connectivity index (χ4n) is 1.27. The van der Waals surface area contributed by atoms with E-state index in [-0.39, 0.29) is 5.75 Å². The third-order valence-corrected chi connectivity index (χ3v) is 2.12. The molecule has 14 heavy (non-hydrogen) atoms. The minimum Gasteiger partial charge on any atom is -0.493 e. The summed E-state index contributed by atoms with van der Waals surface area (Å²) in [6.07, 6.45) is 0. The van der Waals surface area contributed by atoms with Crippen LogP contribution in [0.5, 0.6) is 5.75 Å². The van der Waals surface area contributed by atoms with Crippen molar-refractivity contribution in [3.05, 3.63) is 29.6 Å². The second-order valence-electron chi connectivity index (χ2n) is 3.56. The van der Waals surface area contributed by atoms with Crippen LogP contribution >= 0.6 is 0 Å². The lowest BCUT2D eigenvalue weighted by molar-refractivity contribution is 0.375. The molecule has 1 aromatic carbocycles. The van der Waals surface area contributed by atoms with E-state index in [1.54, 1.807) is 26.0 Å². The largest absolute Gasteiger partial charge is 0.493 e. The molecule has 1 rings (SSSR count). The molecule has 0 aliphatic carbocycles. The fourth-order valence-corrected chi connectivity index (χ4v) is 1.27. The van der Waals surface area contributed by atoms with Gasteiger partial charge in [0.25, 0.3) is 0 Å². The van der Waals surface area contributed by atoms with E-state index in [2.05, 4.69) is 6.07 Å². The molecule has 0 atom stereocenters. The second-order valence-corrected chi connectivity index (χ2v) is 3.56. The predicted molar refractivity (Wildman–Crippen MR) is 51.6 cm³/mol. The van der Waals surface area contributed by atoms with Crippen molar-refractivity contribution in [3.8, 4) is 11.8 Å². The minimum atomic E-state index is -0.743. The molecule has 0 N–H and O–H groups in total. The highest BCUT2D eigenvalue weighted by atomic mass is 19.1. The van der Waals surface area contributed by atoms with Crippen LogP contribution in [0, 0.1) is 17.1 Å². The number of nitriles is 1. The molecule has 0 aromatic heterocycles. The summed E-state index contributed by atoms with van der Waals surface area (Å²) in [6.45, 7) is 3.45. The number of halogens is 1. The van der Waals surface area contributed by atoms with Crippen LogP contribution in [0.1, 0.15) is 19.4 Å². The SMILES string of the molecule is COc1c(F)cccc1C(C)(C)C#N. The lowest BCUT2D eigenvalue weighted by Gasteiger charge is -2.19. The van der Waals surface area contributed by atoms with Crippen LogP contribution in [0.25, 0.3) is 0 Å². The molecule has 0 amide bonds. The summed E-state index contributed by atoms with van der Waals surface area (Å²) in [7, 11) is 1.40. The van der Waals surface area contributed by atoms with Gasteiger partial charge < -0.3 is 4.74 Å². The molecule has 0 aliphatic rings. The van der Waals surface area contributed by atoms with Crippen molar-refractivity contribution in [1.29, 1.82) is 5.26 Å². The molecule has 0 saturated carbocycles. The number of rotatable bonds is 2. The highest BCUT2D eigenvalue weighted by molar-refractivity contribution is 5.43. The summed E-state index contributed by atoms with van der Waals surface area (Å²) >= 11 is 0. The van der Waals surface area contributed by atoms with Gasteiger partial charge in [-0.15, -0.1) is 0 Å². The van der Waals surface area contributed by atoms with Crippen molar-refractivity contribution in [1.82, 2.24) is 0 Å². The monoisotopic (exact) mass is 193 g/mol. The zero-order chi connectivity index (χ0) is 10.8. The van der Waals surface area contributed by atoms with Crippen LogP contribution in [0.3, 0.4) is 0 Å². The summed E-state index contributed by atoms with van der Waals surface area (Å²) in [6, 6.07) is 6.70. The van der Waals surface area contributed by atoms with Crippen LogP contribution in [-0.4, -0.2) is 7.11 Å². The Balaban J connectivity index is 3.36. The third kappa shape index (κ3) is 1.69. The predicted octanol–water partition coefficient (Wildman–Crippen LogP) is 2.64. The van der Waals surface area contributed by atoms with E-state index in [0.29, 0.717) is 5.56 Å². The Labute approximate surface area is 82.9 Å². The number of nitrogens with zero attached hydrogens (tertiary/aromatic N) is 1. The van der Waals surface area contributed by atoms with Crippen molar-refractivity contribution >= 4 is 0 Å². The van der Waals surface area contributed by atoms with Gasteiger partial charge in [0.15, 0.2) is 11.6 Å². The molecule has 3 heteroatoms. The molecule has 74 valence electrons. The second kappa shape index (κ2) is 3.67. The van der Waals surface area contributed by atoms with E-state index in [0.717, 1.165) is 0 Å². The first-order chi connectivity index (χ1) is 6.53. The standard InChI is InChI=1S/C11H12FNO/c1-11(2,7-13)8-5-4-6-9(12)10(8)14-3/h4-6H,1-3H3. The Morgan fingerprint density at radius 1 is 1.43 bits per heavy atom. The van der Waals surface area contributed by atoms with Gasteiger partial charge in [-0.25, -0.2) is 4.39 Å². The molecule has 1 aromatic rings. The maximum Gasteiger partial charge on any atom is 0.165 e. The smallest absolute Gasteiger partial charge is 0.165 e. The summed E-state index contributed by atoms with van der Waals surface area (Å²) in [4.78, 5) is 0. The van der Waals surface area contributed by atoms with Gasteiger partial charge in [-0.3, -0.25) is 0 Å². The van der Waals surface area contributed by atoms with Crippen molar-refractivity contribution in [2.45, 2.75) is 19.3 Å². The number of benzene rings is 1. The van der Waals surface area contributed by atoms with E-state index in [4.69, 9.17) is 10.00 Å². The summed E-state index contributed by atoms with van der Waals surface area (Å²) in [5.41, 5.74) is -0.171. The zero-order valence-corrected chi connectivity index (χ0v) is 8.47. The molecule has 0 unspecified atom stereocenters. The molecule has 2 nitrogen and oxygen atoms in total. The Hall–Kier alpha value is -1.56.